The summed E-state index contributed by atoms with van der Waals surface area (Å²) >= 11 is 0. The van der Waals surface area contributed by atoms with Gasteiger partial charge >= 0.3 is 0 Å². The van der Waals surface area contributed by atoms with E-state index < -0.39 is 10.0 Å². The van der Waals surface area contributed by atoms with Crippen LogP contribution in [0.4, 0.5) is 0 Å². The van der Waals surface area contributed by atoms with Gasteiger partial charge in [0.2, 0.25) is 10.0 Å². The van der Waals surface area contributed by atoms with E-state index in [9.17, 15) is 8.42 Å². The molecule has 134 valence electrons. The molecule has 2 saturated heterocycles. The molecule has 3 aliphatic rings. The predicted octanol–water partition coefficient (Wildman–Crippen LogP) is 1.64. The second kappa shape index (κ2) is 6.71. The van der Waals surface area contributed by atoms with Crippen LogP contribution >= 0.6 is 12.4 Å². The smallest absolute Gasteiger partial charge is 0.243 e. The first-order valence-electron chi connectivity index (χ1n) is 8.20. The first kappa shape index (κ1) is 17.8. The van der Waals surface area contributed by atoms with Crippen molar-refractivity contribution in [3.05, 3.63) is 18.2 Å². The minimum atomic E-state index is -3.48. The van der Waals surface area contributed by atoms with Crippen LogP contribution in [-0.2, 0) is 10.0 Å². The van der Waals surface area contributed by atoms with Gasteiger partial charge in [-0.25, -0.2) is 8.42 Å². The minimum absolute atomic E-state index is 0. The summed E-state index contributed by atoms with van der Waals surface area (Å²) in [6, 6.07) is 4.94. The zero-order valence-electron chi connectivity index (χ0n) is 13.5. The zero-order chi connectivity index (χ0) is 15.9. The number of hydrogen-bond acceptors (Lipinski definition) is 5. The van der Waals surface area contributed by atoms with E-state index in [0.717, 1.165) is 32.4 Å². The quantitative estimate of drug-likeness (QED) is 0.852. The maximum atomic E-state index is 13.0. The van der Waals surface area contributed by atoms with Crippen LogP contribution in [0.25, 0.3) is 0 Å². The van der Waals surface area contributed by atoms with Crippen molar-refractivity contribution in [1.29, 1.82) is 0 Å². The molecule has 0 amide bonds. The molecule has 3 aliphatic heterocycles. The molecule has 0 aliphatic carbocycles. The van der Waals surface area contributed by atoms with Crippen LogP contribution in [-0.4, -0.2) is 52.1 Å². The molecule has 4 rings (SSSR count). The monoisotopic (exact) mass is 374 g/mol. The van der Waals surface area contributed by atoms with Crippen molar-refractivity contribution in [3.8, 4) is 11.5 Å². The lowest BCUT2D eigenvalue weighted by molar-refractivity contribution is 0.296. The zero-order valence-corrected chi connectivity index (χ0v) is 15.1. The van der Waals surface area contributed by atoms with Crippen molar-refractivity contribution in [2.45, 2.75) is 24.2 Å². The van der Waals surface area contributed by atoms with E-state index in [0.29, 0.717) is 42.7 Å². The molecule has 0 saturated carbocycles. The molecule has 1 spiro atoms. The van der Waals surface area contributed by atoms with E-state index in [4.69, 9.17) is 9.47 Å². The molecule has 3 heterocycles. The highest BCUT2D eigenvalue weighted by atomic mass is 35.5. The number of benzene rings is 1. The first-order chi connectivity index (χ1) is 11.1. The third-order valence-corrected chi connectivity index (χ3v) is 6.93. The number of hydrogen-bond donors (Lipinski definition) is 1. The number of halogens is 1. The highest BCUT2D eigenvalue weighted by Crippen LogP contribution is 2.39. The van der Waals surface area contributed by atoms with Crippen molar-refractivity contribution >= 4 is 22.4 Å². The number of sulfonamides is 1. The number of rotatable bonds is 2. The van der Waals surface area contributed by atoms with Crippen LogP contribution in [0.5, 0.6) is 11.5 Å². The minimum Gasteiger partial charge on any atom is -0.490 e. The number of nitrogens with zero attached hydrogens (tertiary/aromatic N) is 1. The maximum absolute atomic E-state index is 13.0. The fourth-order valence-electron chi connectivity index (χ4n) is 3.70. The predicted molar refractivity (Wildman–Crippen MR) is 92.6 cm³/mol. The molecule has 24 heavy (non-hydrogen) atoms. The van der Waals surface area contributed by atoms with Crippen LogP contribution in [0.2, 0.25) is 0 Å². The summed E-state index contributed by atoms with van der Waals surface area (Å²) in [7, 11) is -3.48. The third kappa shape index (κ3) is 3.10. The van der Waals surface area contributed by atoms with Gasteiger partial charge in [0.15, 0.2) is 11.5 Å². The molecule has 1 unspecified atom stereocenters. The molecule has 1 aromatic rings. The largest absolute Gasteiger partial charge is 0.490 e. The molecule has 6 nitrogen and oxygen atoms in total. The maximum Gasteiger partial charge on any atom is 0.243 e. The van der Waals surface area contributed by atoms with Gasteiger partial charge in [-0.2, -0.15) is 4.31 Å². The third-order valence-electron chi connectivity index (χ3n) is 5.09. The summed E-state index contributed by atoms with van der Waals surface area (Å²) in [4.78, 5) is 0.296. The first-order valence-corrected chi connectivity index (χ1v) is 9.64. The van der Waals surface area contributed by atoms with Crippen molar-refractivity contribution in [3.63, 3.8) is 0 Å². The Kier molecular flexibility index (Phi) is 4.97. The lowest BCUT2D eigenvalue weighted by Crippen LogP contribution is -2.33. The highest BCUT2D eigenvalue weighted by molar-refractivity contribution is 7.89. The Morgan fingerprint density at radius 2 is 1.92 bits per heavy atom. The molecule has 2 fully saturated rings. The van der Waals surface area contributed by atoms with E-state index in [1.807, 2.05) is 0 Å². The number of ether oxygens (including phenoxy) is 2. The van der Waals surface area contributed by atoms with Gasteiger partial charge in [-0.3, -0.25) is 0 Å². The standard InChI is InChI=1S/C16H22N2O4S.ClH/c19-23(20,18-7-5-16(12-18)4-6-17-11-16)13-2-3-14-15(10-13)22-9-1-8-21-14;/h2-3,10,17H,1,4-9,11-12H2;1H. The van der Waals surface area contributed by atoms with E-state index >= 15 is 0 Å². The highest BCUT2D eigenvalue weighted by Gasteiger charge is 2.44. The van der Waals surface area contributed by atoms with Gasteiger partial charge in [0.25, 0.3) is 0 Å². The van der Waals surface area contributed by atoms with Crippen molar-refractivity contribution in [2.24, 2.45) is 5.41 Å². The molecule has 8 heteroatoms. The number of nitrogens with one attached hydrogen (secondary N) is 1. The van der Waals surface area contributed by atoms with Crippen LogP contribution in [0.15, 0.2) is 23.1 Å². The topological polar surface area (TPSA) is 67.9 Å². The molecule has 0 aromatic heterocycles. The lowest BCUT2D eigenvalue weighted by atomic mass is 9.87. The van der Waals surface area contributed by atoms with E-state index in [1.165, 1.54) is 0 Å². The average Bonchev–Trinajstić information content (AvgIpc) is 3.12. The summed E-state index contributed by atoms with van der Waals surface area (Å²) in [5, 5.41) is 3.36. The Morgan fingerprint density at radius 1 is 1.12 bits per heavy atom. The molecule has 0 bridgehead atoms. The Balaban J connectivity index is 0.00000169. The van der Waals surface area contributed by atoms with E-state index in [2.05, 4.69) is 5.32 Å². The van der Waals surface area contributed by atoms with E-state index in [1.54, 1.807) is 22.5 Å². The molecule has 0 radical (unpaired) electrons. The lowest BCUT2D eigenvalue weighted by Gasteiger charge is -2.22. The van der Waals surface area contributed by atoms with Crippen molar-refractivity contribution in [1.82, 2.24) is 9.62 Å². The Hall–Kier alpha value is -1.02. The average molecular weight is 375 g/mol. The fourth-order valence-corrected chi connectivity index (χ4v) is 5.27. The van der Waals surface area contributed by atoms with Gasteiger partial charge in [-0.05, 0) is 36.9 Å². The normalized spacial score (nSPS) is 27.0. The van der Waals surface area contributed by atoms with Crippen molar-refractivity contribution < 1.29 is 17.9 Å². The Morgan fingerprint density at radius 3 is 2.67 bits per heavy atom. The molecule has 1 aromatic carbocycles. The summed E-state index contributed by atoms with van der Waals surface area (Å²) in [6.07, 6.45) is 2.79. The molecule has 1 atom stereocenters. The summed E-state index contributed by atoms with van der Waals surface area (Å²) in [5.41, 5.74) is 0.123. The summed E-state index contributed by atoms with van der Waals surface area (Å²) < 4.78 is 38.7. The van der Waals surface area contributed by atoms with Crippen LogP contribution in [0.1, 0.15) is 19.3 Å². The Bertz CT molecular complexity index is 704. The SMILES string of the molecule is Cl.O=S(=O)(c1ccc2c(c1)OCCCO2)N1CCC2(CCNC2)C1. The van der Waals surface area contributed by atoms with Crippen LogP contribution < -0.4 is 14.8 Å². The number of fused-ring (bicyclic) bond motifs is 1. The molecular formula is C16H23ClN2O4S. The molecule has 1 N–H and O–H groups in total. The summed E-state index contributed by atoms with van der Waals surface area (Å²) in [6.45, 7) is 4.25. The van der Waals surface area contributed by atoms with Gasteiger partial charge in [0.05, 0.1) is 18.1 Å². The second-order valence-corrected chi connectivity index (χ2v) is 8.61. The van der Waals surface area contributed by atoms with Crippen LogP contribution in [0.3, 0.4) is 0 Å². The van der Waals surface area contributed by atoms with Gasteiger partial charge in [0.1, 0.15) is 0 Å². The summed E-state index contributed by atoms with van der Waals surface area (Å²) in [5.74, 6) is 1.15. The second-order valence-electron chi connectivity index (χ2n) is 6.67. The fraction of sp³-hybridized carbons (Fsp3) is 0.625. The molecular weight excluding hydrogens is 352 g/mol. The van der Waals surface area contributed by atoms with Gasteiger partial charge in [-0.1, -0.05) is 0 Å². The van der Waals surface area contributed by atoms with Crippen LogP contribution in [0, 0.1) is 5.41 Å². The van der Waals surface area contributed by atoms with Gasteiger partial charge in [0, 0.05) is 32.1 Å². The Labute approximate surface area is 149 Å². The van der Waals surface area contributed by atoms with Crippen molar-refractivity contribution in [2.75, 3.05) is 39.4 Å². The van der Waals surface area contributed by atoms with Gasteiger partial charge in [-0.15, -0.1) is 12.4 Å². The van der Waals surface area contributed by atoms with E-state index in [-0.39, 0.29) is 17.8 Å². The van der Waals surface area contributed by atoms with Gasteiger partial charge < -0.3 is 14.8 Å².